The Kier molecular flexibility index (Phi) is 5.58. The Labute approximate surface area is 164 Å². The van der Waals surface area contributed by atoms with E-state index in [2.05, 4.69) is 10.6 Å². The van der Waals surface area contributed by atoms with Gasteiger partial charge in [0.25, 0.3) is 5.91 Å². The van der Waals surface area contributed by atoms with Gasteiger partial charge >= 0.3 is 0 Å². The minimum atomic E-state index is 0.0363. The van der Waals surface area contributed by atoms with Gasteiger partial charge in [0.15, 0.2) is 0 Å². The second-order valence-electron chi connectivity index (χ2n) is 7.27. The Bertz CT molecular complexity index is 853. The maximum atomic E-state index is 13.0. The van der Waals surface area contributed by atoms with E-state index < -0.39 is 0 Å². The number of para-hydroxylation sites is 1. The molecule has 6 heteroatoms. The molecule has 0 bridgehead atoms. The predicted molar refractivity (Wildman–Crippen MR) is 108 cm³/mol. The van der Waals surface area contributed by atoms with Gasteiger partial charge in [-0.15, -0.1) is 0 Å². The molecular formula is C22H25N3O3. The molecule has 146 valence electrons. The van der Waals surface area contributed by atoms with E-state index in [4.69, 9.17) is 4.74 Å². The van der Waals surface area contributed by atoms with E-state index in [9.17, 15) is 9.59 Å². The highest BCUT2D eigenvalue weighted by atomic mass is 16.5. The van der Waals surface area contributed by atoms with Crippen LogP contribution in [0.1, 0.15) is 28.8 Å². The zero-order chi connectivity index (χ0) is 19.3. The SMILES string of the molecule is O=C1CCc2cc(C(=O)N3CCNC(CCOc4ccccc4)C3)ccc2N1. The molecule has 2 amide bonds. The van der Waals surface area contributed by atoms with Gasteiger partial charge in [-0.1, -0.05) is 18.2 Å². The van der Waals surface area contributed by atoms with Gasteiger partial charge in [-0.05, 0) is 48.7 Å². The molecular weight excluding hydrogens is 354 g/mol. The van der Waals surface area contributed by atoms with Crippen LogP contribution in [0.25, 0.3) is 0 Å². The van der Waals surface area contributed by atoms with Crippen LogP contribution in [0.3, 0.4) is 0 Å². The van der Waals surface area contributed by atoms with Crippen molar-refractivity contribution < 1.29 is 14.3 Å². The summed E-state index contributed by atoms with van der Waals surface area (Å²) in [7, 11) is 0. The van der Waals surface area contributed by atoms with Crippen LogP contribution < -0.4 is 15.4 Å². The number of nitrogens with zero attached hydrogens (tertiary/aromatic N) is 1. The number of anilines is 1. The smallest absolute Gasteiger partial charge is 0.253 e. The number of ether oxygens (including phenoxy) is 1. The molecule has 2 aromatic carbocycles. The van der Waals surface area contributed by atoms with Crippen LogP contribution >= 0.6 is 0 Å². The molecule has 0 radical (unpaired) electrons. The van der Waals surface area contributed by atoms with Crippen molar-refractivity contribution in [2.75, 3.05) is 31.6 Å². The van der Waals surface area contributed by atoms with Crippen LogP contribution in [0.4, 0.5) is 5.69 Å². The summed E-state index contributed by atoms with van der Waals surface area (Å²) in [6.07, 6.45) is 2.00. The molecule has 1 atom stereocenters. The molecule has 0 spiro atoms. The Morgan fingerprint density at radius 2 is 2.00 bits per heavy atom. The highest BCUT2D eigenvalue weighted by Crippen LogP contribution is 2.24. The molecule has 0 aliphatic carbocycles. The number of nitrogens with one attached hydrogen (secondary N) is 2. The lowest BCUT2D eigenvalue weighted by Gasteiger charge is -2.34. The first-order valence-corrected chi connectivity index (χ1v) is 9.82. The van der Waals surface area contributed by atoms with E-state index in [0.717, 1.165) is 30.0 Å². The van der Waals surface area contributed by atoms with E-state index in [1.807, 2.05) is 53.4 Å². The van der Waals surface area contributed by atoms with Crippen LogP contribution in [0.5, 0.6) is 5.75 Å². The van der Waals surface area contributed by atoms with E-state index in [1.54, 1.807) is 0 Å². The lowest BCUT2D eigenvalue weighted by Crippen LogP contribution is -2.53. The largest absolute Gasteiger partial charge is 0.494 e. The maximum absolute atomic E-state index is 13.0. The number of fused-ring (bicyclic) bond motifs is 1. The summed E-state index contributed by atoms with van der Waals surface area (Å²) in [5.74, 6) is 0.955. The van der Waals surface area contributed by atoms with Gasteiger partial charge < -0.3 is 20.3 Å². The summed E-state index contributed by atoms with van der Waals surface area (Å²) < 4.78 is 5.78. The second kappa shape index (κ2) is 8.44. The Hall–Kier alpha value is -2.86. The molecule has 4 rings (SSSR count). The Morgan fingerprint density at radius 1 is 1.14 bits per heavy atom. The van der Waals surface area contributed by atoms with Crippen molar-refractivity contribution in [1.29, 1.82) is 0 Å². The van der Waals surface area contributed by atoms with Crippen LogP contribution in [0, 0.1) is 0 Å². The Balaban J connectivity index is 1.33. The summed E-state index contributed by atoms with van der Waals surface area (Å²) in [4.78, 5) is 26.4. The second-order valence-corrected chi connectivity index (χ2v) is 7.27. The molecule has 28 heavy (non-hydrogen) atoms. The molecule has 6 nitrogen and oxygen atoms in total. The average molecular weight is 379 g/mol. The van der Waals surface area contributed by atoms with Crippen molar-refractivity contribution in [3.05, 3.63) is 59.7 Å². The average Bonchev–Trinajstić information content (AvgIpc) is 2.74. The van der Waals surface area contributed by atoms with Gasteiger partial charge in [0.2, 0.25) is 5.91 Å². The lowest BCUT2D eigenvalue weighted by molar-refractivity contribution is -0.116. The van der Waals surface area contributed by atoms with Crippen LogP contribution in [0.15, 0.2) is 48.5 Å². The summed E-state index contributed by atoms with van der Waals surface area (Å²) in [5, 5.41) is 6.34. The third-order valence-corrected chi connectivity index (χ3v) is 5.27. The van der Waals surface area contributed by atoms with Crippen molar-refractivity contribution in [3.8, 4) is 5.75 Å². The van der Waals surface area contributed by atoms with Crippen molar-refractivity contribution in [2.24, 2.45) is 0 Å². The molecule has 0 aromatic heterocycles. The predicted octanol–water partition coefficient (Wildman–Crippen LogP) is 2.45. The molecule has 1 saturated heterocycles. The van der Waals surface area contributed by atoms with Crippen LogP contribution in [-0.2, 0) is 11.2 Å². The summed E-state index contributed by atoms with van der Waals surface area (Å²) >= 11 is 0. The number of rotatable bonds is 5. The van der Waals surface area contributed by atoms with E-state index in [1.165, 1.54) is 0 Å². The Morgan fingerprint density at radius 3 is 2.86 bits per heavy atom. The van der Waals surface area contributed by atoms with Gasteiger partial charge in [-0.25, -0.2) is 0 Å². The quantitative estimate of drug-likeness (QED) is 0.837. The van der Waals surface area contributed by atoms with Gasteiger partial charge in [-0.3, -0.25) is 9.59 Å². The lowest BCUT2D eigenvalue weighted by atomic mass is 9.99. The number of carbonyl (C=O) groups is 2. The van der Waals surface area contributed by atoms with E-state index in [0.29, 0.717) is 38.1 Å². The fraction of sp³-hybridized carbons (Fsp3) is 0.364. The van der Waals surface area contributed by atoms with E-state index >= 15 is 0 Å². The summed E-state index contributed by atoms with van der Waals surface area (Å²) in [5.41, 5.74) is 2.55. The van der Waals surface area contributed by atoms with Crippen LogP contribution in [0.2, 0.25) is 0 Å². The first-order chi connectivity index (χ1) is 13.7. The monoisotopic (exact) mass is 379 g/mol. The highest BCUT2D eigenvalue weighted by molar-refractivity contribution is 5.98. The van der Waals surface area contributed by atoms with Gasteiger partial charge in [0.05, 0.1) is 6.61 Å². The van der Waals surface area contributed by atoms with Crippen molar-refractivity contribution in [2.45, 2.75) is 25.3 Å². The van der Waals surface area contributed by atoms with Gasteiger partial charge in [0, 0.05) is 43.3 Å². The van der Waals surface area contributed by atoms with Gasteiger partial charge in [-0.2, -0.15) is 0 Å². The maximum Gasteiger partial charge on any atom is 0.253 e. The molecule has 2 N–H and O–H groups in total. The minimum absolute atomic E-state index is 0.0363. The third kappa shape index (κ3) is 4.34. The number of piperazine rings is 1. The number of amides is 2. The summed E-state index contributed by atoms with van der Waals surface area (Å²) in [6.45, 7) is 2.76. The fourth-order valence-electron chi connectivity index (χ4n) is 3.74. The first-order valence-electron chi connectivity index (χ1n) is 9.82. The van der Waals surface area contributed by atoms with Crippen molar-refractivity contribution in [3.63, 3.8) is 0 Å². The molecule has 1 fully saturated rings. The number of benzene rings is 2. The number of aryl methyl sites for hydroxylation is 1. The number of hydrogen-bond acceptors (Lipinski definition) is 4. The minimum Gasteiger partial charge on any atom is -0.494 e. The first kappa shape index (κ1) is 18.5. The molecule has 2 heterocycles. The fourth-order valence-corrected chi connectivity index (χ4v) is 3.74. The number of hydrogen-bond donors (Lipinski definition) is 2. The molecule has 1 unspecified atom stereocenters. The molecule has 2 aliphatic rings. The van der Waals surface area contributed by atoms with Crippen molar-refractivity contribution in [1.82, 2.24) is 10.2 Å². The molecule has 2 aromatic rings. The third-order valence-electron chi connectivity index (χ3n) is 5.27. The zero-order valence-corrected chi connectivity index (χ0v) is 15.8. The topological polar surface area (TPSA) is 70.7 Å². The standard InChI is InChI=1S/C22H25N3O3/c26-21-9-7-16-14-17(6-8-20(16)24-21)22(27)25-12-11-23-18(15-25)10-13-28-19-4-2-1-3-5-19/h1-6,8,14,18,23H,7,9-13,15H2,(H,24,26). The normalized spacial score (nSPS) is 18.9. The summed E-state index contributed by atoms with van der Waals surface area (Å²) in [6, 6.07) is 15.6. The zero-order valence-electron chi connectivity index (χ0n) is 15.8. The molecule has 0 saturated carbocycles. The van der Waals surface area contributed by atoms with Crippen molar-refractivity contribution >= 4 is 17.5 Å². The molecule has 2 aliphatic heterocycles. The van der Waals surface area contributed by atoms with E-state index in [-0.39, 0.29) is 17.9 Å². The number of carbonyl (C=O) groups excluding carboxylic acids is 2. The van der Waals surface area contributed by atoms with Gasteiger partial charge in [0.1, 0.15) is 5.75 Å². The van der Waals surface area contributed by atoms with Crippen LogP contribution in [-0.4, -0.2) is 49.0 Å². The highest BCUT2D eigenvalue weighted by Gasteiger charge is 2.25.